The van der Waals surface area contributed by atoms with Crippen molar-refractivity contribution >= 4 is 59.6 Å². The van der Waals surface area contributed by atoms with Crippen LogP contribution in [0.5, 0.6) is 11.5 Å². The Kier molecular flexibility index (Phi) is 20.2. The quantitative estimate of drug-likeness (QED) is 0.00858. The van der Waals surface area contributed by atoms with E-state index >= 15 is 0 Å². The summed E-state index contributed by atoms with van der Waals surface area (Å²) in [5.41, 5.74) is 3.66. The summed E-state index contributed by atoms with van der Waals surface area (Å²) in [6, 6.07) is 36.4. The molecule has 0 amide bonds. The van der Waals surface area contributed by atoms with Gasteiger partial charge in [-0.3, -0.25) is 0 Å². The lowest BCUT2D eigenvalue weighted by atomic mass is 10.1. The molecular formula is C53H50N2O12. The van der Waals surface area contributed by atoms with Crippen LogP contribution < -0.4 is 14.5 Å². The zero-order chi connectivity index (χ0) is 47.6. The average molecular weight is 907 g/mol. The van der Waals surface area contributed by atoms with Gasteiger partial charge < -0.3 is 33.5 Å². The van der Waals surface area contributed by atoms with Gasteiger partial charge in [-0.05, 0) is 116 Å². The van der Waals surface area contributed by atoms with E-state index in [0.717, 1.165) is 23.5 Å². The summed E-state index contributed by atoms with van der Waals surface area (Å²) in [4.78, 5) is 61.3. The van der Waals surface area contributed by atoms with Gasteiger partial charge in [-0.1, -0.05) is 79.9 Å². The summed E-state index contributed by atoms with van der Waals surface area (Å²) in [5, 5.41) is 16.7. The number of benzene rings is 5. The van der Waals surface area contributed by atoms with Crippen molar-refractivity contribution in [1.29, 1.82) is 0 Å². The highest BCUT2D eigenvalue weighted by Crippen LogP contribution is 2.28. The molecule has 344 valence electrons. The van der Waals surface area contributed by atoms with Crippen LogP contribution in [0.15, 0.2) is 170 Å². The number of carbonyl (C=O) groups is 5. The Morgan fingerprint density at radius 1 is 0.582 bits per heavy atom. The normalized spacial score (nSPS) is 11.5. The fourth-order valence-electron chi connectivity index (χ4n) is 5.82. The fourth-order valence-corrected chi connectivity index (χ4v) is 5.82. The van der Waals surface area contributed by atoms with E-state index in [1.54, 1.807) is 65.7 Å². The van der Waals surface area contributed by atoms with Gasteiger partial charge in [0.1, 0.15) is 11.5 Å². The Bertz CT molecular complexity index is 2480. The smallest absolute Gasteiger partial charge is 0.343 e. The molecule has 0 saturated carbocycles. The standard InChI is InChI=1S/C53H50N2O12/c1-3-48(56)62-33-11-13-35-64-50(58)31-23-39-19-25-41(26-20-39)52(60)66-46-29-30-47(43(37-46)38-54-55(44-15-7-5-8-16-44)45-17-9-6-10-18-45)67-53(61)42-27-21-40(22-28-42)24-32-51(59)65-36-14-12-34-63-49(57)4-2/h3-10,15-32,37-38,50,58H,1-2,11-14,33-36H2/b31-23+,32-24+,54-38+. The number of hydrogen-bond acceptors (Lipinski definition) is 14. The minimum absolute atomic E-state index is 0.136. The van der Waals surface area contributed by atoms with E-state index in [-0.39, 0.29) is 49.1 Å². The lowest BCUT2D eigenvalue weighted by Crippen LogP contribution is -2.12. The Balaban J connectivity index is 1.25. The molecular weight excluding hydrogens is 857 g/mol. The predicted molar refractivity (Wildman–Crippen MR) is 254 cm³/mol. The molecule has 0 aromatic heterocycles. The minimum Gasteiger partial charge on any atom is -0.463 e. The predicted octanol–water partition coefficient (Wildman–Crippen LogP) is 9.22. The van der Waals surface area contributed by atoms with E-state index in [4.69, 9.17) is 33.5 Å². The first-order valence-electron chi connectivity index (χ1n) is 21.3. The van der Waals surface area contributed by atoms with E-state index in [2.05, 4.69) is 13.2 Å². The maximum atomic E-state index is 13.5. The second kappa shape index (κ2) is 27.2. The van der Waals surface area contributed by atoms with Crippen LogP contribution in [-0.4, -0.2) is 73.9 Å². The third kappa shape index (κ3) is 17.4. The lowest BCUT2D eigenvalue weighted by molar-refractivity contribution is -0.140. The second-order valence-corrected chi connectivity index (χ2v) is 14.2. The van der Waals surface area contributed by atoms with Crippen molar-refractivity contribution in [1.82, 2.24) is 0 Å². The second-order valence-electron chi connectivity index (χ2n) is 14.2. The highest BCUT2D eigenvalue weighted by atomic mass is 16.6. The molecule has 0 aliphatic heterocycles. The molecule has 0 saturated heterocycles. The van der Waals surface area contributed by atoms with Crippen molar-refractivity contribution in [3.63, 3.8) is 0 Å². The van der Waals surface area contributed by atoms with E-state index < -0.39 is 36.1 Å². The Morgan fingerprint density at radius 3 is 1.61 bits per heavy atom. The van der Waals surface area contributed by atoms with Crippen LogP contribution in [0, 0.1) is 0 Å². The molecule has 14 heteroatoms. The highest BCUT2D eigenvalue weighted by Gasteiger charge is 2.16. The fraction of sp³-hybridized carbons (Fsp3) is 0.170. The number of nitrogens with zero attached hydrogens (tertiary/aromatic N) is 2. The molecule has 0 fully saturated rings. The van der Waals surface area contributed by atoms with Gasteiger partial charge >= 0.3 is 29.8 Å². The molecule has 14 nitrogen and oxygen atoms in total. The number of para-hydroxylation sites is 2. The molecule has 1 N–H and O–H groups in total. The molecule has 0 aliphatic rings. The zero-order valence-corrected chi connectivity index (χ0v) is 36.6. The molecule has 1 unspecified atom stereocenters. The summed E-state index contributed by atoms with van der Waals surface area (Å²) < 4.78 is 32.0. The van der Waals surface area contributed by atoms with Crippen LogP contribution in [0.1, 0.15) is 63.1 Å². The summed E-state index contributed by atoms with van der Waals surface area (Å²) in [6.45, 7) is 7.53. The third-order valence-electron chi connectivity index (χ3n) is 9.30. The van der Waals surface area contributed by atoms with Crippen molar-refractivity contribution in [2.75, 3.05) is 31.4 Å². The van der Waals surface area contributed by atoms with Gasteiger partial charge in [0.25, 0.3) is 0 Å². The summed E-state index contributed by atoms with van der Waals surface area (Å²) in [6.07, 6.45) is 10.7. The first-order valence-corrected chi connectivity index (χ1v) is 21.3. The number of hydrogen-bond donors (Lipinski definition) is 1. The van der Waals surface area contributed by atoms with Crippen LogP contribution in [-0.2, 0) is 33.3 Å². The first-order chi connectivity index (χ1) is 32.6. The Hall–Kier alpha value is -8.20. The number of aliphatic hydroxyl groups excluding tert-OH is 1. The highest BCUT2D eigenvalue weighted by molar-refractivity contribution is 5.95. The van der Waals surface area contributed by atoms with Crippen LogP contribution in [0.2, 0.25) is 0 Å². The molecule has 5 aromatic rings. The number of carbonyl (C=O) groups excluding carboxylic acids is 5. The summed E-state index contributed by atoms with van der Waals surface area (Å²) in [5.74, 6) is -2.57. The van der Waals surface area contributed by atoms with Gasteiger partial charge in [0.2, 0.25) is 0 Å². The van der Waals surface area contributed by atoms with Gasteiger partial charge in [-0.25, -0.2) is 29.0 Å². The van der Waals surface area contributed by atoms with Gasteiger partial charge in [0.15, 0.2) is 6.29 Å². The van der Waals surface area contributed by atoms with Gasteiger partial charge in [-0.15, -0.1) is 0 Å². The molecule has 0 aliphatic carbocycles. The molecule has 0 spiro atoms. The van der Waals surface area contributed by atoms with Crippen molar-refractivity contribution in [2.24, 2.45) is 5.10 Å². The maximum Gasteiger partial charge on any atom is 0.343 e. The van der Waals surface area contributed by atoms with Crippen molar-refractivity contribution in [3.05, 3.63) is 193 Å². The summed E-state index contributed by atoms with van der Waals surface area (Å²) in [7, 11) is 0. The van der Waals surface area contributed by atoms with Gasteiger partial charge in [0.05, 0.1) is 55.1 Å². The lowest BCUT2D eigenvalue weighted by Gasteiger charge is -2.19. The van der Waals surface area contributed by atoms with E-state index in [9.17, 15) is 29.1 Å². The molecule has 0 bridgehead atoms. The molecule has 1 atom stereocenters. The number of ether oxygens (including phenoxy) is 6. The number of rotatable bonds is 25. The van der Waals surface area contributed by atoms with Gasteiger partial charge in [-0.2, -0.15) is 5.10 Å². The van der Waals surface area contributed by atoms with Crippen molar-refractivity contribution < 1.29 is 57.5 Å². The Labute approximate surface area is 388 Å². The number of esters is 5. The third-order valence-corrected chi connectivity index (χ3v) is 9.30. The van der Waals surface area contributed by atoms with Gasteiger partial charge in [0, 0.05) is 23.8 Å². The number of hydrazone groups is 1. The largest absolute Gasteiger partial charge is 0.463 e. The Morgan fingerprint density at radius 2 is 1.07 bits per heavy atom. The summed E-state index contributed by atoms with van der Waals surface area (Å²) >= 11 is 0. The van der Waals surface area contributed by atoms with Crippen LogP contribution >= 0.6 is 0 Å². The topological polar surface area (TPSA) is 177 Å². The van der Waals surface area contributed by atoms with E-state index in [1.807, 2.05) is 60.7 Å². The first kappa shape index (κ1) is 49.8. The molecule has 5 aromatic carbocycles. The SMILES string of the molecule is C=CC(=O)OCCCCOC(=O)/C=C/c1ccc(C(=O)Oc2ccc(OC(=O)c3ccc(/C=C/C(O)OCCCCOC(=O)C=C)cc3)cc2/C=N/N(c2ccccc2)c2ccccc2)cc1. The van der Waals surface area contributed by atoms with Crippen LogP contribution in [0.25, 0.3) is 12.2 Å². The van der Waals surface area contributed by atoms with E-state index in [0.29, 0.717) is 42.4 Å². The average Bonchev–Trinajstić information content (AvgIpc) is 3.36. The van der Waals surface area contributed by atoms with E-state index in [1.165, 1.54) is 36.6 Å². The molecule has 5 rings (SSSR count). The van der Waals surface area contributed by atoms with Crippen molar-refractivity contribution in [3.8, 4) is 11.5 Å². The number of anilines is 2. The van der Waals surface area contributed by atoms with Crippen LogP contribution in [0.3, 0.4) is 0 Å². The molecule has 0 heterocycles. The monoisotopic (exact) mass is 906 g/mol. The van der Waals surface area contributed by atoms with Crippen molar-refractivity contribution in [2.45, 2.75) is 32.0 Å². The molecule has 67 heavy (non-hydrogen) atoms. The number of unbranched alkanes of at least 4 members (excludes halogenated alkanes) is 2. The van der Waals surface area contributed by atoms with Crippen LogP contribution in [0.4, 0.5) is 11.4 Å². The minimum atomic E-state index is -1.16. The maximum absolute atomic E-state index is 13.5. The zero-order valence-electron chi connectivity index (χ0n) is 36.6. The number of aliphatic hydroxyl groups is 1. The molecule has 0 radical (unpaired) electrons.